The Morgan fingerprint density at radius 3 is 1.97 bits per heavy atom. The summed E-state index contributed by atoms with van der Waals surface area (Å²) in [4.78, 5) is 25.0. The van der Waals surface area contributed by atoms with Crippen molar-refractivity contribution in [1.82, 2.24) is 15.3 Å². The minimum Gasteiger partial charge on any atom is -0.493 e. The Morgan fingerprint density at radius 2 is 1.43 bits per heavy atom. The molecular formula is C27H48N4O4. The van der Waals surface area contributed by atoms with E-state index in [1.165, 1.54) is 51.0 Å². The van der Waals surface area contributed by atoms with E-state index in [-0.39, 0.29) is 28.9 Å². The second kappa shape index (κ2) is 13.2. The van der Waals surface area contributed by atoms with Gasteiger partial charge in [0.1, 0.15) is 0 Å². The molecule has 0 saturated carbocycles. The van der Waals surface area contributed by atoms with Crippen LogP contribution < -0.4 is 16.1 Å². The summed E-state index contributed by atoms with van der Waals surface area (Å²) in [5, 5.41) is 27.0. The van der Waals surface area contributed by atoms with Crippen molar-refractivity contribution in [3.8, 4) is 11.8 Å². The van der Waals surface area contributed by atoms with Gasteiger partial charge in [-0.25, -0.2) is 5.43 Å². The number of aryl methyl sites for hydroxylation is 1. The van der Waals surface area contributed by atoms with E-state index in [2.05, 4.69) is 50.7 Å². The third kappa shape index (κ3) is 9.74. The zero-order valence-corrected chi connectivity index (χ0v) is 22.5. The van der Waals surface area contributed by atoms with E-state index in [9.17, 15) is 19.8 Å². The molecule has 2 rings (SSSR count). The number of amides is 2. The summed E-state index contributed by atoms with van der Waals surface area (Å²) in [6.45, 7) is 10.5. The second-order valence-electron chi connectivity index (χ2n) is 11.5. The highest BCUT2D eigenvalue weighted by atomic mass is 16.3. The summed E-state index contributed by atoms with van der Waals surface area (Å²) in [6, 6.07) is 1.29. The molecule has 0 spiro atoms. The molecule has 0 unspecified atom stereocenters. The zero-order valence-electron chi connectivity index (χ0n) is 22.5. The lowest BCUT2D eigenvalue weighted by Crippen LogP contribution is -2.62. The predicted molar refractivity (Wildman–Crippen MR) is 140 cm³/mol. The highest BCUT2D eigenvalue weighted by molar-refractivity contribution is 6.38. The quantitative estimate of drug-likeness (QED) is 0.199. The smallest absolute Gasteiger partial charge is 0.328 e. The summed E-state index contributed by atoms with van der Waals surface area (Å²) in [5.41, 5.74) is 2.54. The molecule has 8 heteroatoms. The number of carbonyl (C=O) groups is 2. The highest BCUT2D eigenvalue weighted by Gasteiger charge is 2.38. The number of carbonyl (C=O) groups excluding carboxylic acids is 2. The minimum atomic E-state index is -0.925. The Bertz CT molecular complexity index is 815. The Hall–Kier alpha value is -2.22. The van der Waals surface area contributed by atoms with Crippen LogP contribution in [-0.2, 0) is 16.0 Å². The van der Waals surface area contributed by atoms with Gasteiger partial charge in [-0.2, -0.15) is 4.68 Å². The number of hydrogen-bond donors (Lipinski definition) is 5. The van der Waals surface area contributed by atoms with Gasteiger partial charge in [0.05, 0.1) is 0 Å². The lowest BCUT2D eigenvalue weighted by molar-refractivity contribution is -0.137. The largest absolute Gasteiger partial charge is 0.493 e. The van der Waals surface area contributed by atoms with Gasteiger partial charge in [-0.3, -0.25) is 9.59 Å². The number of piperidine rings is 1. The molecule has 2 amide bonds. The van der Waals surface area contributed by atoms with E-state index < -0.39 is 11.8 Å². The Balaban J connectivity index is 1.77. The second-order valence-corrected chi connectivity index (χ2v) is 11.5. The maximum Gasteiger partial charge on any atom is 0.328 e. The standard InChI is InChI=1S/C27H48N4O4/c1-6-7-8-9-10-11-12-13-14-15-16-20-17-22(32)31(25(20)35)29-24(34)23(33)28-21-18-26(2,3)30-27(4,5)19-21/h17,21,30,32,35H,6-16,18-19H2,1-5H3,(H,28,33)(H,29,34). The minimum absolute atomic E-state index is 0.154. The lowest BCUT2D eigenvalue weighted by Gasteiger charge is -2.46. The van der Waals surface area contributed by atoms with E-state index in [0.29, 0.717) is 24.8 Å². The fourth-order valence-corrected chi connectivity index (χ4v) is 5.46. The topological polar surface area (TPSA) is 116 Å². The van der Waals surface area contributed by atoms with Crippen molar-refractivity contribution in [2.24, 2.45) is 0 Å². The number of rotatable bonds is 13. The fourth-order valence-electron chi connectivity index (χ4n) is 5.46. The lowest BCUT2D eigenvalue weighted by atomic mass is 9.79. The maximum atomic E-state index is 12.5. The van der Waals surface area contributed by atoms with Crippen molar-refractivity contribution in [3.05, 3.63) is 11.6 Å². The molecule has 1 aliphatic heterocycles. The molecule has 8 nitrogen and oxygen atoms in total. The third-order valence-corrected chi connectivity index (χ3v) is 6.78. The molecule has 0 aromatic carbocycles. The van der Waals surface area contributed by atoms with Crippen LogP contribution in [0.3, 0.4) is 0 Å². The zero-order chi connectivity index (χ0) is 26.1. The Kier molecular flexibility index (Phi) is 10.9. The van der Waals surface area contributed by atoms with Crippen molar-refractivity contribution in [2.45, 2.75) is 135 Å². The van der Waals surface area contributed by atoms with Crippen LogP contribution in [0.4, 0.5) is 0 Å². The molecule has 0 bridgehead atoms. The van der Waals surface area contributed by atoms with Gasteiger partial charge in [-0.05, 0) is 53.4 Å². The molecule has 35 heavy (non-hydrogen) atoms. The number of aromatic hydroxyl groups is 2. The molecule has 0 atom stereocenters. The van der Waals surface area contributed by atoms with E-state index in [1.807, 2.05) is 0 Å². The van der Waals surface area contributed by atoms with Gasteiger partial charge in [-0.1, -0.05) is 64.7 Å². The van der Waals surface area contributed by atoms with Gasteiger partial charge in [0.25, 0.3) is 0 Å². The number of aromatic nitrogens is 1. The van der Waals surface area contributed by atoms with Gasteiger partial charge in [0.2, 0.25) is 11.8 Å². The Morgan fingerprint density at radius 1 is 0.914 bits per heavy atom. The van der Waals surface area contributed by atoms with Crippen LogP contribution in [0.25, 0.3) is 0 Å². The summed E-state index contributed by atoms with van der Waals surface area (Å²) in [5.74, 6) is -2.24. The van der Waals surface area contributed by atoms with Crippen LogP contribution in [0, 0.1) is 0 Å². The number of hydrogen-bond acceptors (Lipinski definition) is 5. The van der Waals surface area contributed by atoms with Crippen molar-refractivity contribution < 1.29 is 19.8 Å². The van der Waals surface area contributed by atoms with Crippen LogP contribution in [0.5, 0.6) is 11.8 Å². The van der Waals surface area contributed by atoms with E-state index in [1.54, 1.807) is 0 Å². The van der Waals surface area contributed by atoms with Gasteiger partial charge < -0.3 is 20.8 Å². The molecule has 0 radical (unpaired) electrons. The molecule has 1 aromatic heterocycles. The monoisotopic (exact) mass is 492 g/mol. The third-order valence-electron chi connectivity index (χ3n) is 6.78. The van der Waals surface area contributed by atoms with Gasteiger partial charge in [0, 0.05) is 28.7 Å². The van der Waals surface area contributed by atoms with Crippen LogP contribution in [-0.4, -0.2) is 43.8 Å². The van der Waals surface area contributed by atoms with Crippen LogP contribution in [0.2, 0.25) is 0 Å². The molecule has 1 aromatic rings. The average molecular weight is 493 g/mol. The summed E-state index contributed by atoms with van der Waals surface area (Å²) < 4.78 is 0.879. The highest BCUT2D eigenvalue weighted by Crippen LogP contribution is 2.29. The van der Waals surface area contributed by atoms with Crippen molar-refractivity contribution >= 4 is 11.8 Å². The van der Waals surface area contributed by atoms with Crippen molar-refractivity contribution in [1.29, 1.82) is 0 Å². The molecule has 0 aliphatic carbocycles. The molecule has 1 fully saturated rings. The van der Waals surface area contributed by atoms with E-state index in [4.69, 9.17) is 0 Å². The molecule has 200 valence electrons. The molecule has 5 N–H and O–H groups in total. The van der Waals surface area contributed by atoms with Gasteiger partial charge in [-0.15, -0.1) is 0 Å². The summed E-state index contributed by atoms with van der Waals surface area (Å²) in [7, 11) is 0. The maximum absolute atomic E-state index is 12.5. The number of nitrogens with zero attached hydrogens (tertiary/aromatic N) is 1. The molecule has 2 heterocycles. The Labute approximate surface area is 211 Å². The van der Waals surface area contributed by atoms with Crippen LogP contribution in [0.15, 0.2) is 6.07 Å². The molecule has 1 saturated heterocycles. The summed E-state index contributed by atoms with van der Waals surface area (Å²) >= 11 is 0. The first kappa shape index (κ1) is 29.0. The van der Waals surface area contributed by atoms with Crippen molar-refractivity contribution in [3.63, 3.8) is 0 Å². The predicted octanol–water partition coefficient (Wildman–Crippen LogP) is 4.86. The normalized spacial score (nSPS) is 17.3. The number of unbranched alkanes of at least 4 members (excludes halogenated alkanes) is 9. The SMILES string of the molecule is CCCCCCCCCCCCc1cc(O)n(NC(=O)C(=O)NC2CC(C)(C)NC(C)(C)C2)c1O. The van der Waals surface area contributed by atoms with E-state index in [0.717, 1.165) is 23.9 Å². The number of nitrogens with one attached hydrogen (secondary N) is 3. The fraction of sp³-hybridized carbons (Fsp3) is 0.778. The van der Waals surface area contributed by atoms with Crippen molar-refractivity contribution in [2.75, 3.05) is 5.43 Å². The van der Waals surface area contributed by atoms with Gasteiger partial charge >= 0.3 is 11.8 Å². The van der Waals surface area contributed by atoms with Crippen LogP contribution in [0.1, 0.15) is 117 Å². The van der Waals surface area contributed by atoms with Gasteiger partial charge in [0.15, 0.2) is 0 Å². The summed E-state index contributed by atoms with van der Waals surface area (Å²) in [6.07, 6.45) is 14.1. The first-order chi connectivity index (χ1) is 16.4. The molecular weight excluding hydrogens is 444 g/mol. The first-order valence-corrected chi connectivity index (χ1v) is 13.5. The first-order valence-electron chi connectivity index (χ1n) is 13.5. The van der Waals surface area contributed by atoms with Crippen LogP contribution >= 0.6 is 0 Å². The van der Waals surface area contributed by atoms with E-state index >= 15 is 0 Å². The average Bonchev–Trinajstić information content (AvgIpc) is 3.00. The molecule has 1 aliphatic rings.